The lowest BCUT2D eigenvalue weighted by atomic mass is 9.99. The van der Waals surface area contributed by atoms with E-state index in [1.54, 1.807) is 17.0 Å². The number of carboxylic acid groups (broad SMARTS) is 1. The lowest BCUT2D eigenvalue weighted by molar-refractivity contribution is -0.133. The molecule has 1 unspecified atom stereocenters. The number of carboxylic acids is 1. The summed E-state index contributed by atoms with van der Waals surface area (Å²) < 4.78 is 0. The molecule has 3 N–H and O–H groups in total. The van der Waals surface area contributed by atoms with E-state index in [2.05, 4.69) is 36.5 Å². The van der Waals surface area contributed by atoms with E-state index < -0.39 is 12.0 Å². The fourth-order valence-electron chi connectivity index (χ4n) is 4.91. The first-order valence-electron chi connectivity index (χ1n) is 14.9. The Hall–Kier alpha value is -4.50. The van der Waals surface area contributed by atoms with Gasteiger partial charge >= 0.3 is 5.97 Å². The molecular formula is C35H39N3O5S. The fourth-order valence-corrected chi connectivity index (χ4v) is 5.73. The average molecular weight is 614 g/mol. The van der Waals surface area contributed by atoms with Crippen molar-refractivity contribution >= 4 is 29.1 Å². The number of hydrogen-bond donors (Lipinski definition) is 3. The van der Waals surface area contributed by atoms with E-state index in [9.17, 15) is 24.6 Å². The topological polar surface area (TPSA) is 120 Å². The first-order chi connectivity index (χ1) is 21.1. The maximum Gasteiger partial charge on any atom is 0.339 e. The van der Waals surface area contributed by atoms with Gasteiger partial charge in [-0.2, -0.15) is 0 Å². The van der Waals surface area contributed by atoms with Crippen LogP contribution in [0.5, 0.6) is 0 Å². The lowest BCUT2D eigenvalue weighted by Crippen LogP contribution is -2.39. The minimum atomic E-state index is -1.25. The molecule has 44 heavy (non-hydrogen) atoms. The van der Waals surface area contributed by atoms with Crippen molar-refractivity contribution in [2.45, 2.75) is 72.0 Å². The molecule has 1 aliphatic carbocycles. The zero-order valence-electron chi connectivity index (χ0n) is 25.4. The maximum absolute atomic E-state index is 13.1. The van der Waals surface area contributed by atoms with Crippen molar-refractivity contribution in [3.63, 3.8) is 0 Å². The van der Waals surface area contributed by atoms with Crippen molar-refractivity contribution in [3.8, 4) is 10.6 Å². The number of aromatic nitrogens is 1. The molecule has 230 valence electrons. The molecule has 0 bridgehead atoms. The zero-order valence-corrected chi connectivity index (χ0v) is 26.2. The van der Waals surface area contributed by atoms with Crippen molar-refractivity contribution in [3.05, 3.63) is 111 Å². The number of nitrogens with zero attached hydrogens (tertiary/aromatic N) is 2. The molecule has 4 rings (SSSR count). The molecule has 3 aromatic rings. The van der Waals surface area contributed by atoms with Gasteiger partial charge in [-0.15, -0.1) is 11.3 Å². The molecule has 2 amide bonds. The monoisotopic (exact) mass is 613 g/mol. The Morgan fingerprint density at radius 2 is 1.75 bits per heavy atom. The van der Waals surface area contributed by atoms with E-state index in [0.717, 1.165) is 28.1 Å². The Labute approximate surface area is 262 Å². The first kappa shape index (κ1) is 32.4. The summed E-state index contributed by atoms with van der Waals surface area (Å²) in [6, 6.07) is 15.1. The molecule has 1 aromatic heterocycles. The summed E-state index contributed by atoms with van der Waals surface area (Å²) in [5, 5.41) is 25.0. The Morgan fingerprint density at radius 3 is 2.41 bits per heavy atom. The van der Waals surface area contributed by atoms with Crippen molar-refractivity contribution in [1.29, 1.82) is 0 Å². The van der Waals surface area contributed by atoms with E-state index in [4.69, 9.17) is 4.98 Å². The van der Waals surface area contributed by atoms with Gasteiger partial charge < -0.3 is 20.4 Å². The third-order valence-electron chi connectivity index (χ3n) is 7.34. The number of unbranched alkanes of at least 4 members (excludes halogenated alkanes) is 2. The van der Waals surface area contributed by atoms with Crippen molar-refractivity contribution < 1.29 is 24.6 Å². The molecule has 2 aromatic carbocycles. The van der Waals surface area contributed by atoms with Crippen molar-refractivity contribution in [2.24, 2.45) is 0 Å². The number of nitrogens with one attached hydrogen (secondary N) is 1. The highest BCUT2D eigenvalue weighted by Gasteiger charge is 2.27. The minimum Gasteiger partial charge on any atom is -0.507 e. The van der Waals surface area contributed by atoms with E-state index in [1.807, 2.05) is 31.4 Å². The number of aryl methyl sites for hydroxylation is 1. The Kier molecular flexibility index (Phi) is 11.3. The van der Waals surface area contributed by atoms with Gasteiger partial charge in [-0.25, -0.2) is 9.78 Å². The summed E-state index contributed by atoms with van der Waals surface area (Å²) >= 11 is 1.43. The highest BCUT2D eigenvalue weighted by atomic mass is 32.1. The predicted octanol–water partition coefficient (Wildman–Crippen LogP) is 6.99. The van der Waals surface area contributed by atoms with Crippen LogP contribution in [-0.4, -0.2) is 43.9 Å². The molecule has 1 heterocycles. The summed E-state index contributed by atoms with van der Waals surface area (Å²) in [6.07, 6.45) is 9.33. The number of rotatable bonds is 13. The predicted molar refractivity (Wildman–Crippen MR) is 173 cm³/mol. The third-order valence-corrected chi connectivity index (χ3v) is 8.28. The van der Waals surface area contributed by atoms with Gasteiger partial charge in [0.15, 0.2) is 0 Å². The van der Waals surface area contributed by atoms with Crippen LogP contribution in [0.3, 0.4) is 0 Å². The summed E-state index contributed by atoms with van der Waals surface area (Å²) in [5.74, 6) is -1.97. The van der Waals surface area contributed by atoms with Gasteiger partial charge in [0, 0.05) is 29.1 Å². The summed E-state index contributed by atoms with van der Waals surface area (Å²) in [6.45, 7) is 6.46. The quantitative estimate of drug-likeness (QED) is 0.141. The Morgan fingerprint density at radius 1 is 1.05 bits per heavy atom. The van der Waals surface area contributed by atoms with E-state index in [0.29, 0.717) is 17.8 Å². The second-order valence-corrected chi connectivity index (χ2v) is 12.0. The third kappa shape index (κ3) is 8.76. The molecule has 0 radical (unpaired) electrons. The van der Waals surface area contributed by atoms with Gasteiger partial charge in [-0.05, 0) is 68.5 Å². The number of aliphatic hydroxyl groups is 1. The van der Waals surface area contributed by atoms with Crippen LogP contribution in [0.25, 0.3) is 10.6 Å². The molecule has 1 aliphatic rings. The number of carbonyl (C=O) groups is 3. The second kappa shape index (κ2) is 15.3. The van der Waals surface area contributed by atoms with Gasteiger partial charge in [0.2, 0.25) is 5.91 Å². The molecule has 0 saturated carbocycles. The Bertz CT molecular complexity index is 1560. The van der Waals surface area contributed by atoms with Crippen LogP contribution in [0.1, 0.15) is 73.6 Å². The summed E-state index contributed by atoms with van der Waals surface area (Å²) in [5.41, 5.74) is 5.01. The van der Waals surface area contributed by atoms with Crippen LogP contribution in [0, 0.1) is 0 Å². The molecule has 0 spiro atoms. The number of allylic oxidation sites excluding steroid dienone is 1. The van der Waals surface area contributed by atoms with Crippen LogP contribution in [-0.2, 0) is 29.1 Å². The van der Waals surface area contributed by atoms with Crippen LogP contribution in [0.2, 0.25) is 0 Å². The fraction of sp³-hybridized carbons (Fsp3) is 0.314. The largest absolute Gasteiger partial charge is 0.507 e. The van der Waals surface area contributed by atoms with Gasteiger partial charge in [0.1, 0.15) is 10.8 Å². The smallest absolute Gasteiger partial charge is 0.339 e. The second-order valence-electron chi connectivity index (χ2n) is 11.1. The number of thiazole rings is 1. The van der Waals surface area contributed by atoms with Crippen LogP contribution in [0.15, 0.2) is 89.0 Å². The zero-order chi connectivity index (χ0) is 31.6. The average Bonchev–Trinajstić information content (AvgIpc) is 3.48. The highest BCUT2D eigenvalue weighted by Crippen LogP contribution is 2.27. The van der Waals surface area contributed by atoms with Crippen LogP contribution < -0.4 is 5.32 Å². The van der Waals surface area contributed by atoms with E-state index in [1.165, 1.54) is 54.4 Å². The molecule has 0 saturated heterocycles. The number of amides is 2. The van der Waals surface area contributed by atoms with E-state index >= 15 is 0 Å². The van der Waals surface area contributed by atoms with Crippen molar-refractivity contribution in [1.82, 2.24) is 15.2 Å². The van der Waals surface area contributed by atoms with Gasteiger partial charge in [-0.1, -0.05) is 61.7 Å². The molecular weight excluding hydrogens is 574 g/mol. The molecule has 0 aliphatic heterocycles. The normalized spacial score (nSPS) is 14.3. The maximum atomic E-state index is 13.1. The molecule has 8 nitrogen and oxygen atoms in total. The number of hydrogen-bond acceptors (Lipinski definition) is 6. The Balaban J connectivity index is 1.40. The van der Waals surface area contributed by atoms with E-state index in [-0.39, 0.29) is 36.1 Å². The van der Waals surface area contributed by atoms with Gasteiger partial charge in [0.05, 0.1) is 23.9 Å². The SMILES string of the molecule is CCCCCc1ccc(CNC(=O)c2ccc(-c3nc(CN(C(=O)C=C(C)C)C4C=C(C(=O)O)C(O)=CC4)cs3)cc2)cc1. The number of benzene rings is 2. The van der Waals surface area contributed by atoms with Crippen LogP contribution in [0.4, 0.5) is 0 Å². The lowest BCUT2D eigenvalue weighted by Gasteiger charge is -2.30. The number of aliphatic carboxylic acids is 1. The number of carbonyl (C=O) groups excluding carboxylic acids is 2. The summed E-state index contributed by atoms with van der Waals surface area (Å²) in [7, 11) is 0. The van der Waals surface area contributed by atoms with Gasteiger partial charge in [0.25, 0.3) is 5.91 Å². The summed E-state index contributed by atoms with van der Waals surface area (Å²) in [4.78, 5) is 43.8. The highest BCUT2D eigenvalue weighted by molar-refractivity contribution is 7.13. The van der Waals surface area contributed by atoms with Gasteiger partial charge in [-0.3, -0.25) is 9.59 Å². The molecule has 0 fully saturated rings. The molecule has 9 heteroatoms. The minimum absolute atomic E-state index is 0.154. The first-order valence-corrected chi connectivity index (χ1v) is 15.7. The van der Waals surface area contributed by atoms with Crippen molar-refractivity contribution in [2.75, 3.05) is 0 Å². The number of aliphatic hydroxyl groups excluding tert-OH is 1. The molecule has 1 atom stereocenters. The van der Waals surface area contributed by atoms with Crippen LogP contribution >= 0.6 is 11.3 Å². The standard InChI is InChI=1S/C35H39N3O5S/c1-4-5-6-7-24-8-10-25(11-9-24)20-36-33(41)26-12-14-27(15-13-26)34-37-28(22-44-34)21-38(32(40)18-23(2)3)29-16-17-31(39)30(19-29)35(42)43/h8-15,17-19,22,29,39H,4-7,16,20-21H2,1-3H3,(H,36,41)(H,42,43).